The molecule has 0 spiro atoms. The Balaban J connectivity index is 1.52. The third-order valence-electron chi connectivity index (χ3n) is 7.95. The molecule has 59 heavy (non-hydrogen) atoms. The largest absolute Gasteiger partial charge is 0.459 e. The van der Waals surface area contributed by atoms with Crippen LogP contribution in [0.1, 0.15) is 95.5 Å². The average molecular weight is 809 g/mol. The maximum Gasteiger partial charge on any atom is 0.414 e. The van der Waals surface area contributed by atoms with E-state index in [0.29, 0.717) is 10.8 Å². The van der Waals surface area contributed by atoms with Crippen LogP contribution in [0.25, 0.3) is 10.8 Å². The van der Waals surface area contributed by atoms with E-state index in [1.165, 1.54) is 36.1 Å². The highest BCUT2D eigenvalue weighted by Crippen LogP contribution is 2.25. The number of nitrogens with one attached hydrogen (secondary N) is 2. The highest BCUT2D eigenvalue weighted by atomic mass is 16.6. The van der Waals surface area contributed by atoms with Crippen molar-refractivity contribution in [2.75, 3.05) is 6.54 Å². The number of aliphatic imine (C=N–C) groups is 1. The minimum atomic E-state index is -0.930. The molecule has 14 heteroatoms. The monoisotopic (exact) mass is 808 g/mol. The summed E-state index contributed by atoms with van der Waals surface area (Å²) in [6, 6.07) is 24.1. The third-order valence-corrected chi connectivity index (χ3v) is 7.95. The third kappa shape index (κ3) is 14.7. The summed E-state index contributed by atoms with van der Waals surface area (Å²) < 4.78 is 21.7. The van der Waals surface area contributed by atoms with Crippen LogP contribution in [0.3, 0.4) is 0 Å². The number of ketones is 1. The number of hydrogen-bond donors (Lipinski definition) is 2. The molecule has 0 saturated heterocycles. The van der Waals surface area contributed by atoms with Gasteiger partial charge in [-0.15, -0.1) is 0 Å². The fourth-order valence-corrected chi connectivity index (χ4v) is 5.59. The molecular weight excluding hydrogens is 757 g/mol. The van der Waals surface area contributed by atoms with E-state index in [4.69, 9.17) is 18.9 Å². The highest BCUT2D eigenvalue weighted by Gasteiger charge is 2.32. The van der Waals surface area contributed by atoms with Gasteiger partial charge in [0.2, 0.25) is 5.96 Å². The fraction of sp³-hybridized carbons (Fsp3) is 0.356. The van der Waals surface area contributed by atoms with Gasteiger partial charge in [-0.1, -0.05) is 42.5 Å². The van der Waals surface area contributed by atoms with Crippen LogP contribution in [0, 0.1) is 0 Å². The number of amides is 3. The molecule has 0 bridgehead atoms. The van der Waals surface area contributed by atoms with E-state index in [1.807, 2.05) is 30.3 Å². The first kappa shape index (κ1) is 45.1. The van der Waals surface area contributed by atoms with Crippen molar-refractivity contribution in [2.24, 2.45) is 4.99 Å². The second-order valence-corrected chi connectivity index (χ2v) is 16.7. The molecule has 0 saturated carbocycles. The molecule has 0 aliphatic heterocycles. The van der Waals surface area contributed by atoms with Gasteiger partial charge in [-0.3, -0.25) is 25.0 Å². The molecule has 4 aromatic rings. The summed E-state index contributed by atoms with van der Waals surface area (Å²) >= 11 is 0. The second kappa shape index (κ2) is 18.8. The number of rotatable bonds is 10. The lowest BCUT2D eigenvalue weighted by atomic mass is 9.99. The van der Waals surface area contributed by atoms with Gasteiger partial charge in [-0.25, -0.2) is 19.4 Å². The molecule has 312 valence electrons. The summed E-state index contributed by atoms with van der Waals surface area (Å²) in [5, 5.41) is 6.11. The van der Waals surface area contributed by atoms with Crippen LogP contribution in [0.15, 0.2) is 96.0 Å². The quantitative estimate of drug-likeness (QED) is 0.0523. The number of Topliss-reactive ketones (excluding diaryl/α,β-unsaturated/α-hetero) is 1. The standard InChI is InChI=1S/C45H52N4O10/c1-28(50)36(24-29-14-12-11-13-15-29)49(27-37(51)57-43(2,3)4)38(52)33-17-16-32-26-35(23-20-31(32)25-33)56-39(53)30-18-21-34(22-19-30)46-40(47-41(54)58-44(5,6)7)48-42(55)59-45(8,9)10/h11-23,25-26,36H,24,27H2,1-10H3,(H2,46,47,48,54,55)/t36-/m0/s1. The van der Waals surface area contributed by atoms with Crippen LogP contribution < -0.4 is 15.4 Å². The number of guanidine groups is 1. The van der Waals surface area contributed by atoms with E-state index >= 15 is 0 Å². The van der Waals surface area contributed by atoms with Crippen molar-refractivity contribution >= 4 is 58.2 Å². The van der Waals surface area contributed by atoms with Gasteiger partial charge in [0.1, 0.15) is 29.1 Å². The predicted molar refractivity (Wildman–Crippen MR) is 223 cm³/mol. The number of carbonyl (C=O) groups excluding carboxylic acids is 6. The molecule has 0 radical (unpaired) electrons. The summed E-state index contributed by atoms with van der Waals surface area (Å²) in [6.07, 6.45) is -1.50. The van der Waals surface area contributed by atoms with Crippen molar-refractivity contribution in [3.8, 4) is 5.75 Å². The zero-order valence-corrected chi connectivity index (χ0v) is 35.1. The maximum absolute atomic E-state index is 14.1. The molecule has 2 N–H and O–H groups in total. The van der Waals surface area contributed by atoms with Gasteiger partial charge < -0.3 is 23.8 Å². The Morgan fingerprint density at radius 1 is 0.644 bits per heavy atom. The fourth-order valence-electron chi connectivity index (χ4n) is 5.59. The molecule has 0 aliphatic rings. The predicted octanol–water partition coefficient (Wildman–Crippen LogP) is 8.08. The molecular formula is C45H52N4O10. The second-order valence-electron chi connectivity index (χ2n) is 16.7. The average Bonchev–Trinajstić information content (AvgIpc) is 3.10. The van der Waals surface area contributed by atoms with Crippen molar-refractivity contribution in [1.82, 2.24) is 15.5 Å². The van der Waals surface area contributed by atoms with Crippen molar-refractivity contribution < 1.29 is 47.7 Å². The van der Waals surface area contributed by atoms with Gasteiger partial charge in [0, 0.05) is 5.56 Å². The lowest BCUT2D eigenvalue weighted by Gasteiger charge is -2.31. The Labute approximate surface area is 344 Å². The number of carbonyl (C=O) groups is 6. The van der Waals surface area contributed by atoms with Crippen LogP contribution in [0.4, 0.5) is 15.3 Å². The van der Waals surface area contributed by atoms with Crippen molar-refractivity contribution in [3.63, 3.8) is 0 Å². The van der Waals surface area contributed by atoms with Crippen LogP contribution >= 0.6 is 0 Å². The Hall–Kier alpha value is -6.57. The van der Waals surface area contributed by atoms with Gasteiger partial charge >= 0.3 is 24.1 Å². The summed E-state index contributed by atoms with van der Waals surface area (Å²) in [7, 11) is 0. The highest BCUT2D eigenvalue weighted by molar-refractivity contribution is 6.03. The summed E-state index contributed by atoms with van der Waals surface area (Å²) in [5.74, 6) is -2.14. The van der Waals surface area contributed by atoms with Crippen molar-refractivity contribution in [2.45, 2.75) is 98.5 Å². The van der Waals surface area contributed by atoms with Crippen molar-refractivity contribution in [1.29, 1.82) is 0 Å². The van der Waals surface area contributed by atoms with Gasteiger partial charge in [0.15, 0.2) is 5.78 Å². The number of alkyl carbamates (subject to hydrolysis) is 2. The Kier molecular flexibility index (Phi) is 14.4. The number of hydrogen-bond acceptors (Lipinski definition) is 11. The molecule has 4 rings (SSSR count). The molecule has 4 aromatic carbocycles. The minimum Gasteiger partial charge on any atom is -0.459 e. The Bertz CT molecular complexity index is 2180. The first-order valence-electron chi connectivity index (χ1n) is 19.0. The van der Waals surface area contributed by atoms with E-state index in [-0.39, 0.29) is 40.7 Å². The summed E-state index contributed by atoms with van der Waals surface area (Å²) in [6.45, 7) is 16.3. The van der Waals surface area contributed by atoms with Crippen molar-refractivity contribution in [3.05, 3.63) is 108 Å². The van der Waals surface area contributed by atoms with E-state index in [9.17, 15) is 28.8 Å². The Morgan fingerprint density at radius 3 is 1.71 bits per heavy atom. The van der Waals surface area contributed by atoms with Crippen LogP contribution in [-0.2, 0) is 30.2 Å². The molecule has 0 fully saturated rings. The van der Waals surface area contributed by atoms with Gasteiger partial charge in [0.25, 0.3) is 5.91 Å². The lowest BCUT2D eigenvalue weighted by molar-refractivity contribution is -0.156. The molecule has 3 amide bonds. The maximum atomic E-state index is 14.1. The van der Waals surface area contributed by atoms with Crippen LogP contribution in [0.2, 0.25) is 0 Å². The van der Waals surface area contributed by atoms with Gasteiger partial charge in [-0.2, -0.15) is 0 Å². The first-order chi connectivity index (χ1) is 27.4. The van der Waals surface area contributed by atoms with Gasteiger partial charge in [0.05, 0.1) is 17.3 Å². The zero-order valence-electron chi connectivity index (χ0n) is 35.1. The topological polar surface area (TPSA) is 179 Å². The van der Waals surface area contributed by atoms with E-state index in [0.717, 1.165) is 5.56 Å². The molecule has 0 aliphatic carbocycles. The minimum absolute atomic E-state index is 0.187. The van der Waals surface area contributed by atoms with E-state index in [1.54, 1.807) is 98.7 Å². The van der Waals surface area contributed by atoms with Crippen LogP contribution in [0.5, 0.6) is 5.75 Å². The summed E-state index contributed by atoms with van der Waals surface area (Å²) in [5.41, 5.74) is -0.883. The lowest BCUT2D eigenvalue weighted by Crippen LogP contribution is -2.49. The normalized spacial score (nSPS) is 12.0. The number of fused-ring (bicyclic) bond motifs is 1. The van der Waals surface area contributed by atoms with Gasteiger partial charge in [-0.05, 0) is 141 Å². The number of esters is 2. The molecule has 14 nitrogen and oxygen atoms in total. The zero-order chi connectivity index (χ0) is 43.7. The number of ether oxygens (including phenoxy) is 4. The molecule has 0 heterocycles. The van der Waals surface area contributed by atoms with E-state index in [2.05, 4.69) is 15.6 Å². The number of nitrogens with zero attached hydrogens (tertiary/aromatic N) is 2. The molecule has 0 unspecified atom stereocenters. The SMILES string of the molecule is CC(=O)[C@H](Cc1ccccc1)N(CC(=O)OC(C)(C)C)C(=O)c1ccc2cc(OC(=O)c3ccc(N=C(NC(=O)OC(C)(C)C)NC(=O)OC(C)(C)C)cc3)ccc2c1. The molecule has 1 atom stereocenters. The number of benzene rings is 4. The summed E-state index contributed by atoms with van der Waals surface area (Å²) in [4.78, 5) is 83.8. The smallest absolute Gasteiger partial charge is 0.414 e. The van der Waals surface area contributed by atoms with E-state index < -0.39 is 59.4 Å². The first-order valence-corrected chi connectivity index (χ1v) is 19.0. The molecule has 0 aromatic heterocycles. The van der Waals surface area contributed by atoms with Crippen LogP contribution in [-0.4, -0.2) is 76.1 Å². The Morgan fingerprint density at radius 2 is 1.17 bits per heavy atom.